The molecular weight excluding hydrogens is 592 g/mol. The van der Waals surface area contributed by atoms with E-state index in [4.69, 9.17) is 25.8 Å². The molecule has 1 spiro atoms. The number of pyridine rings is 1. The smallest absolute Gasteiger partial charge is 0.231 e. The molecule has 0 radical (unpaired) electrons. The van der Waals surface area contributed by atoms with Crippen LogP contribution in [0.25, 0.3) is 0 Å². The van der Waals surface area contributed by atoms with Gasteiger partial charge in [0.25, 0.3) is 0 Å². The van der Waals surface area contributed by atoms with Crippen LogP contribution in [0.3, 0.4) is 0 Å². The van der Waals surface area contributed by atoms with Crippen LogP contribution in [0.1, 0.15) is 47.3 Å². The number of hydrogen-bond donors (Lipinski definition) is 2. The zero-order valence-electron chi connectivity index (χ0n) is 24.1. The molecule has 11 heteroatoms. The van der Waals surface area contributed by atoms with E-state index >= 15 is 0 Å². The summed E-state index contributed by atoms with van der Waals surface area (Å²) in [5, 5.41) is 14.9. The number of ketones is 2. The van der Waals surface area contributed by atoms with Gasteiger partial charge in [0.2, 0.25) is 17.3 Å². The van der Waals surface area contributed by atoms with Crippen LogP contribution in [0.4, 0.5) is 0 Å². The third kappa shape index (κ3) is 5.34. The van der Waals surface area contributed by atoms with Crippen LogP contribution in [0.2, 0.25) is 5.02 Å². The second-order valence-electron chi connectivity index (χ2n) is 10.4. The second kappa shape index (κ2) is 12.3. The summed E-state index contributed by atoms with van der Waals surface area (Å²) in [4.78, 5) is 46.4. The van der Waals surface area contributed by atoms with E-state index in [0.29, 0.717) is 11.3 Å². The average Bonchev–Trinajstić information content (AvgIpc) is 3.34. The quantitative estimate of drug-likeness (QED) is 0.289. The minimum Gasteiger partial charge on any atom is -0.507 e. The number of halogens is 1. The van der Waals surface area contributed by atoms with Crippen molar-refractivity contribution in [2.45, 2.75) is 42.7 Å². The third-order valence-corrected chi connectivity index (χ3v) is 9.06. The number of rotatable bonds is 9. The van der Waals surface area contributed by atoms with Gasteiger partial charge in [0, 0.05) is 47.4 Å². The number of aromatic nitrogens is 1. The molecular formula is C32H31ClN2O7S. The number of aliphatic hydroxyl groups excluding tert-OH is 1. The standard InChI is InChI=1S/C32H31ClN2O7S/c1-17-13-22(36)26(30(38)32(17)31(39)27-23(40-2)15-24(41-3)28(33)29(27)42-32)21(18-8-10-20(43-4)11-9-18)14-25(37)35-16-19-7-5-6-12-34-19/h5-12,15,17,21,38H,13-14,16H2,1-4H3,(H,35,37)/t17-,21?,32+/m1/s1. The van der Waals surface area contributed by atoms with Gasteiger partial charge >= 0.3 is 0 Å². The molecule has 2 heterocycles. The summed E-state index contributed by atoms with van der Waals surface area (Å²) in [5.74, 6) is -3.10. The lowest BCUT2D eigenvalue weighted by Gasteiger charge is -2.38. The van der Waals surface area contributed by atoms with Gasteiger partial charge in [0.15, 0.2) is 17.3 Å². The van der Waals surface area contributed by atoms with Gasteiger partial charge in [0.05, 0.1) is 26.5 Å². The largest absolute Gasteiger partial charge is 0.507 e. The van der Waals surface area contributed by atoms with Gasteiger partial charge < -0.3 is 24.6 Å². The Hall–Kier alpha value is -4.02. The third-order valence-electron chi connectivity index (χ3n) is 7.96. The van der Waals surface area contributed by atoms with E-state index < -0.39 is 29.0 Å². The van der Waals surface area contributed by atoms with E-state index in [1.165, 1.54) is 20.3 Å². The Labute approximate surface area is 258 Å². The number of nitrogens with zero attached hydrogens (tertiary/aromatic N) is 1. The first-order valence-corrected chi connectivity index (χ1v) is 15.2. The molecule has 43 heavy (non-hydrogen) atoms. The highest BCUT2D eigenvalue weighted by molar-refractivity contribution is 7.98. The molecule has 0 fully saturated rings. The predicted octanol–water partition coefficient (Wildman–Crippen LogP) is 5.70. The van der Waals surface area contributed by atoms with Crippen molar-refractivity contribution in [2.24, 2.45) is 5.92 Å². The molecule has 2 aliphatic rings. The Bertz CT molecular complexity index is 1610. The number of fused-ring (bicyclic) bond motifs is 1. The highest BCUT2D eigenvalue weighted by Crippen LogP contribution is 2.55. The first kappa shape index (κ1) is 30.4. The lowest BCUT2D eigenvalue weighted by Crippen LogP contribution is -2.53. The molecule has 5 rings (SSSR count). The molecule has 0 saturated heterocycles. The summed E-state index contributed by atoms with van der Waals surface area (Å²) in [6.45, 7) is 1.85. The number of aliphatic hydroxyl groups is 1. The summed E-state index contributed by atoms with van der Waals surface area (Å²) >= 11 is 8.12. The van der Waals surface area contributed by atoms with Gasteiger partial charge in [-0.15, -0.1) is 11.8 Å². The molecule has 224 valence electrons. The minimum atomic E-state index is -1.95. The van der Waals surface area contributed by atoms with Crippen molar-refractivity contribution in [3.05, 3.63) is 87.9 Å². The first-order chi connectivity index (χ1) is 20.7. The van der Waals surface area contributed by atoms with Gasteiger partial charge in [0.1, 0.15) is 22.1 Å². The Morgan fingerprint density at radius 1 is 1.19 bits per heavy atom. The molecule has 3 atom stereocenters. The molecule has 9 nitrogen and oxygen atoms in total. The summed E-state index contributed by atoms with van der Waals surface area (Å²) in [5.41, 5.74) is -0.646. The van der Waals surface area contributed by atoms with E-state index in [1.807, 2.05) is 36.6 Å². The maximum Gasteiger partial charge on any atom is 0.231 e. The highest BCUT2D eigenvalue weighted by atomic mass is 35.5. The van der Waals surface area contributed by atoms with E-state index in [9.17, 15) is 19.5 Å². The summed E-state index contributed by atoms with van der Waals surface area (Å²) < 4.78 is 17.1. The topological polar surface area (TPSA) is 124 Å². The fraction of sp³-hybridized carbons (Fsp3) is 0.312. The average molecular weight is 623 g/mol. The van der Waals surface area contributed by atoms with Crippen LogP contribution < -0.4 is 19.5 Å². The van der Waals surface area contributed by atoms with Crippen LogP contribution in [-0.2, 0) is 16.1 Å². The number of hydrogen-bond acceptors (Lipinski definition) is 9. The molecule has 2 N–H and O–H groups in total. The monoisotopic (exact) mass is 622 g/mol. The molecule has 0 bridgehead atoms. The number of methoxy groups -OCH3 is 2. The first-order valence-electron chi connectivity index (χ1n) is 13.6. The molecule has 1 amide bonds. The van der Waals surface area contributed by atoms with Crippen molar-refractivity contribution in [3.63, 3.8) is 0 Å². The molecule has 1 unspecified atom stereocenters. The number of thioether (sulfide) groups is 1. The van der Waals surface area contributed by atoms with Gasteiger partial charge in [-0.1, -0.05) is 36.7 Å². The van der Waals surface area contributed by atoms with Crippen molar-refractivity contribution in [1.82, 2.24) is 10.3 Å². The molecule has 1 aliphatic heterocycles. The SMILES string of the molecule is COc1cc(OC)c2c(c1Cl)O[C@]1(C2=O)C(O)=C(C(CC(=O)NCc2ccccn2)c2ccc(SC)cc2)C(=O)C[C@H]1C. The van der Waals surface area contributed by atoms with E-state index in [1.54, 1.807) is 37.0 Å². The zero-order chi connectivity index (χ0) is 30.9. The van der Waals surface area contributed by atoms with Crippen LogP contribution in [-0.4, -0.2) is 53.6 Å². The zero-order valence-corrected chi connectivity index (χ0v) is 25.7. The van der Waals surface area contributed by atoms with Gasteiger partial charge in [-0.25, -0.2) is 0 Å². The number of Topliss-reactive ketones (excluding diaryl/α,β-unsaturated/α-hetero) is 2. The fourth-order valence-corrected chi connectivity index (χ4v) is 6.38. The van der Waals surface area contributed by atoms with Crippen molar-refractivity contribution in [1.29, 1.82) is 0 Å². The number of carbonyl (C=O) groups is 3. The Morgan fingerprint density at radius 3 is 2.53 bits per heavy atom. The summed E-state index contributed by atoms with van der Waals surface area (Å²) in [6, 6.07) is 14.3. The second-order valence-corrected chi connectivity index (χ2v) is 11.6. The summed E-state index contributed by atoms with van der Waals surface area (Å²) in [7, 11) is 2.82. The molecule has 3 aromatic rings. The number of ether oxygens (including phenoxy) is 3. The fourth-order valence-electron chi connectivity index (χ4n) is 5.71. The maximum absolute atomic E-state index is 14.2. The Kier molecular flexibility index (Phi) is 8.71. The Morgan fingerprint density at radius 2 is 1.91 bits per heavy atom. The minimum absolute atomic E-state index is 0.00365. The van der Waals surface area contributed by atoms with Crippen molar-refractivity contribution >= 4 is 40.8 Å². The van der Waals surface area contributed by atoms with Gasteiger partial charge in [-0.05, 0) is 36.1 Å². The Balaban J connectivity index is 1.60. The van der Waals surface area contributed by atoms with Crippen molar-refractivity contribution in [3.8, 4) is 17.2 Å². The number of amides is 1. The lowest BCUT2D eigenvalue weighted by atomic mass is 9.69. The van der Waals surface area contributed by atoms with Gasteiger partial charge in [-0.2, -0.15) is 0 Å². The number of allylic oxidation sites excluding steroid dienone is 1. The van der Waals surface area contributed by atoms with E-state index in [0.717, 1.165) is 4.90 Å². The molecule has 2 aromatic carbocycles. The molecule has 0 saturated carbocycles. The van der Waals surface area contributed by atoms with E-state index in [2.05, 4.69) is 10.3 Å². The predicted molar refractivity (Wildman–Crippen MR) is 162 cm³/mol. The van der Waals surface area contributed by atoms with Crippen molar-refractivity contribution in [2.75, 3.05) is 20.5 Å². The van der Waals surface area contributed by atoms with Crippen LogP contribution >= 0.6 is 23.4 Å². The van der Waals surface area contributed by atoms with Crippen LogP contribution in [0, 0.1) is 5.92 Å². The number of nitrogens with one attached hydrogen (secondary N) is 1. The van der Waals surface area contributed by atoms with Crippen molar-refractivity contribution < 1.29 is 33.7 Å². The molecule has 1 aliphatic carbocycles. The number of benzene rings is 2. The maximum atomic E-state index is 14.2. The summed E-state index contributed by atoms with van der Waals surface area (Å²) in [6.07, 6.45) is 3.30. The van der Waals surface area contributed by atoms with Crippen LogP contribution in [0.5, 0.6) is 17.2 Å². The van der Waals surface area contributed by atoms with Crippen LogP contribution in [0.15, 0.2) is 71.0 Å². The van der Waals surface area contributed by atoms with Gasteiger partial charge in [-0.3, -0.25) is 19.4 Å². The normalized spacial score (nSPS) is 20.1. The molecule has 1 aromatic heterocycles. The highest BCUT2D eigenvalue weighted by Gasteiger charge is 2.61. The van der Waals surface area contributed by atoms with E-state index in [-0.39, 0.29) is 64.5 Å². The lowest BCUT2D eigenvalue weighted by molar-refractivity contribution is -0.122. The number of carbonyl (C=O) groups excluding carboxylic acids is 3.